The molecule has 15 nitrogen and oxygen atoms in total. The molecule has 2 aromatic rings. The van der Waals surface area contributed by atoms with Crippen LogP contribution in [0.1, 0.15) is 123 Å². The Morgan fingerprint density at radius 2 is 1.67 bits per heavy atom. The Labute approximate surface area is 324 Å². The second-order valence-electron chi connectivity index (χ2n) is 17.7. The van der Waals surface area contributed by atoms with E-state index in [1.165, 1.54) is 16.3 Å². The summed E-state index contributed by atoms with van der Waals surface area (Å²) in [5.74, 6) is -0.162. The van der Waals surface area contributed by atoms with Crippen molar-refractivity contribution in [1.82, 2.24) is 30.1 Å². The molecule has 0 aromatic carbocycles. The van der Waals surface area contributed by atoms with Crippen LogP contribution in [0.2, 0.25) is 0 Å². The summed E-state index contributed by atoms with van der Waals surface area (Å²) in [7, 11) is 0. The van der Waals surface area contributed by atoms with Crippen LogP contribution < -0.4 is 15.4 Å². The first-order chi connectivity index (χ1) is 25.9. The zero-order valence-corrected chi connectivity index (χ0v) is 34.1. The highest BCUT2D eigenvalue weighted by Gasteiger charge is 2.49. The smallest absolute Gasteiger partial charge is 0.415 e. The van der Waals surface area contributed by atoms with Crippen molar-refractivity contribution < 1.29 is 38.1 Å². The van der Waals surface area contributed by atoms with E-state index >= 15 is 0 Å². The summed E-state index contributed by atoms with van der Waals surface area (Å²) < 4.78 is 25.5. The second-order valence-corrected chi connectivity index (χ2v) is 17.7. The summed E-state index contributed by atoms with van der Waals surface area (Å²) in [5, 5.41) is 9.10. The minimum absolute atomic E-state index is 0.0490. The molecule has 5 unspecified atom stereocenters. The molecule has 3 aliphatic rings. The van der Waals surface area contributed by atoms with Crippen LogP contribution in [0.25, 0.3) is 10.5 Å². The highest BCUT2D eigenvalue weighted by Crippen LogP contribution is 2.50. The van der Waals surface area contributed by atoms with Gasteiger partial charge in [-0.1, -0.05) is 55.4 Å². The van der Waals surface area contributed by atoms with Gasteiger partial charge in [-0.25, -0.2) is 23.9 Å². The topological polar surface area (TPSA) is 170 Å². The zero-order valence-electron chi connectivity index (χ0n) is 34.1. The molecule has 0 radical (unpaired) electrons. The Hall–Kier alpha value is -4.16. The molecular formula is C40H61N7O8. The molecule has 0 spiro atoms. The van der Waals surface area contributed by atoms with Gasteiger partial charge in [0.25, 0.3) is 5.69 Å². The third kappa shape index (κ3) is 9.81. The normalized spacial score (nSPS) is 26.3. The lowest BCUT2D eigenvalue weighted by molar-refractivity contribution is -0.123. The van der Waals surface area contributed by atoms with E-state index in [1.54, 1.807) is 6.92 Å². The van der Waals surface area contributed by atoms with Crippen LogP contribution >= 0.6 is 0 Å². The molecule has 1 aliphatic heterocycles. The van der Waals surface area contributed by atoms with Gasteiger partial charge in [-0.05, 0) is 48.9 Å². The molecule has 0 bridgehead atoms. The quantitative estimate of drug-likeness (QED) is 0.149. The summed E-state index contributed by atoms with van der Waals surface area (Å²) in [5.41, 5.74) is -0.369. The van der Waals surface area contributed by atoms with Crippen molar-refractivity contribution >= 4 is 35.2 Å². The third-order valence-corrected chi connectivity index (χ3v) is 11.5. The predicted molar refractivity (Wildman–Crippen MR) is 205 cm³/mol. The molecule has 1 saturated heterocycles. The lowest BCUT2D eigenvalue weighted by atomic mass is 9.59. The molecule has 3 N–H and O–H groups in total. The van der Waals surface area contributed by atoms with Gasteiger partial charge < -0.3 is 34.5 Å². The molecule has 55 heavy (non-hydrogen) atoms. The maximum absolute atomic E-state index is 14.6. The van der Waals surface area contributed by atoms with Crippen LogP contribution in [-0.4, -0.2) is 101 Å². The molecule has 5 atom stereocenters. The monoisotopic (exact) mass is 767 g/mol. The van der Waals surface area contributed by atoms with Crippen molar-refractivity contribution in [3.63, 3.8) is 0 Å². The van der Waals surface area contributed by atoms with Gasteiger partial charge in [0.2, 0.25) is 17.7 Å². The molecule has 2 aromatic heterocycles. The number of morpholine rings is 1. The van der Waals surface area contributed by atoms with Crippen LogP contribution in [0.3, 0.4) is 0 Å². The van der Waals surface area contributed by atoms with E-state index < -0.39 is 18.2 Å². The number of aromatic nitrogens is 3. The van der Waals surface area contributed by atoms with Gasteiger partial charge in [-0.15, -0.1) is 0 Å². The van der Waals surface area contributed by atoms with Crippen LogP contribution in [-0.2, 0) is 23.8 Å². The number of hydrogen-bond acceptors (Lipinski definition) is 9. The van der Waals surface area contributed by atoms with Crippen molar-refractivity contribution in [2.45, 2.75) is 125 Å². The number of ether oxygens (including phenoxy) is 4. The molecule has 2 saturated carbocycles. The Balaban J connectivity index is 1.53. The van der Waals surface area contributed by atoms with Crippen LogP contribution in [0.15, 0.2) is 0 Å². The first kappa shape index (κ1) is 42.0. The van der Waals surface area contributed by atoms with E-state index in [1.807, 2.05) is 0 Å². The molecule has 3 heterocycles. The van der Waals surface area contributed by atoms with E-state index in [0.29, 0.717) is 76.9 Å². The molecule has 15 heteroatoms. The van der Waals surface area contributed by atoms with Gasteiger partial charge in [0, 0.05) is 50.7 Å². The molecule has 304 valence electrons. The third-order valence-electron chi connectivity index (χ3n) is 11.5. The fourth-order valence-corrected chi connectivity index (χ4v) is 8.49. The van der Waals surface area contributed by atoms with E-state index in [2.05, 4.69) is 69.0 Å². The van der Waals surface area contributed by atoms with Gasteiger partial charge in [-0.3, -0.25) is 14.7 Å². The summed E-state index contributed by atoms with van der Waals surface area (Å²) in [4.78, 5) is 62.3. The highest BCUT2D eigenvalue weighted by molar-refractivity contribution is 6.05. The van der Waals surface area contributed by atoms with Crippen molar-refractivity contribution in [2.24, 2.45) is 28.6 Å². The minimum atomic E-state index is -0.678. The Morgan fingerprint density at radius 3 is 2.25 bits per heavy atom. The average Bonchev–Trinajstić information content (AvgIpc) is 3.67. The molecule has 2 aliphatic carbocycles. The van der Waals surface area contributed by atoms with E-state index in [-0.39, 0.29) is 75.3 Å². The number of carbonyl (C=O) groups is 4. The fourth-order valence-electron chi connectivity index (χ4n) is 8.49. The summed E-state index contributed by atoms with van der Waals surface area (Å²) in [6.45, 7) is 28.8. The summed E-state index contributed by atoms with van der Waals surface area (Å²) in [6, 6.07) is -0.341. The van der Waals surface area contributed by atoms with Crippen LogP contribution in [0.5, 0.6) is 5.88 Å². The molecule has 3 amide bonds. The number of rotatable bonds is 10. The second kappa shape index (κ2) is 17.3. The van der Waals surface area contributed by atoms with Gasteiger partial charge in [0.15, 0.2) is 5.65 Å². The summed E-state index contributed by atoms with van der Waals surface area (Å²) >= 11 is 0. The number of esters is 1. The van der Waals surface area contributed by atoms with Gasteiger partial charge in [-0.2, -0.15) is 0 Å². The summed E-state index contributed by atoms with van der Waals surface area (Å²) in [6.07, 6.45) is 2.46. The van der Waals surface area contributed by atoms with Crippen molar-refractivity contribution in [3.8, 4) is 5.88 Å². The van der Waals surface area contributed by atoms with Gasteiger partial charge >= 0.3 is 12.1 Å². The maximum atomic E-state index is 14.6. The number of hydrogen-bond donors (Lipinski definition) is 3. The first-order valence-corrected chi connectivity index (χ1v) is 19.8. The minimum Gasteiger partial charge on any atom is -0.459 e. The molecular weight excluding hydrogens is 706 g/mol. The lowest BCUT2D eigenvalue weighted by Crippen LogP contribution is -2.49. The Bertz CT molecular complexity index is 1720. The number of H-pyrrole nitrogens is 1. The van der Waals surface area contributed by atoms with Crippen molar-refractivity contribution in [1.29, 1.82) is 0 Å². The standard InChI is InChI=1S/C40H61N7O8/c1-11-30(49)43-28-22-25(12-13-29(28)53-17-14-42-24(3)48)34-44-35-31(32(41-10)36(47(35)45-34)55-38(51)46-15-18-52-19-16-46)37(50)54-33-26(39(4,5)6)20-23(2)21-27(33)40(7,8)9/h23,25-29,33H,11-22H2,1-9H3,(H,42,48)(H,43,49)(H,44,45). The van der Waals surface area contributed by atoms with Crippen molar-refractivity contribution in [2.75, 3.05) is 39.5 Å². The largest absolute Gasteiger partial charge is 0.459 e. The predicted octanol–water partition coefficient (Wildman–Crippen LogP) is 6.01. The fraction of sp³-hybridized carbons (Fsp3) is 0.750. The lowest BCUT2D eigenvalue weighted by Gasteiger charge is -2.50. The number of carbonyl (C=O) groups excluding carboxylic acids is 4. The van der Waals surface area contributed by atoms with Gasteiger partial charge in [0.05, 0.1) is 38.5 Å². The van der Waals surface area contributed by atoms with E-state index in [4.69, 9.17) is 30.5 Å². The van der Waals surface area contributed by atoms with Crippen LogP contribution in [0.4, 0.5) is 10.5 Å². The Kier molecular flexibility index (Phi) is 13.2. The number of fused-ring (bicyclic) bond motifs is 1. The highest BCUT2D eigenvalue weighted by atomic mass is 16.6. The first-order valence-electron chi connectivity index (χ1n) is 19.8. The SMILES string of the molecule is [C-]#[N+]c1c(C(=O)OC2C(C(C)(C)C)CC(C)CC2C(C)(C)C)c2nc(C3CCC(OCCNC(C)=O)C(NC(=O)CC)C3)[nH]n2c1OC(=O)N1CCOCC1. The van der Waals surface area contributed by atoms with Crippen LogP contribution in [0, 0.1) is 35.2 Å². The number of aromatic amines is 1. The average molecular weight is 768 g/mol. The molecule has 5 rings (SSSR count). The Morgan fingerprint density at radius 1 is 1.02 bits per heavy atom. The number of amides is 3. The van der Waals surface area contributed by atoms with E-state index in [0.717, 1.165) is 12.8 Å². The van der Waals surface area contributed by atoms with E-state index in [9.17, 15) is 19.2 Å². The maximum Gasteiger partial charge on any atom is 0.415 e. The molecule has 3 fully saturated rings. The number of nitrogens with zero attached hydrogens (tertiary/aromatic N) is 4. The van der Waals surface area contributed by atoms with Gasteiger partial charge in [0.1, 0.15) is 17.5 Å². The zero-order chi connectivity index (χ0) is 40.2. The van der Waals surface area contributed by atoms with Crippen molar-refractivity contribution in [3.05, 3.63) is 22.8 Å². The number of nitrogens with one attached hydrogen (secondary N) is 3.